The molecule has 2 amide bonds. The Morgan fingerprint density at radius 3 is 2.71 bits per heavy atom. The highest BCUT2D eigenvalue weighted by Gasteiger charge is 2.37. The molecule has 1 N–H and O–H groups in total. The van der Waals surface area contributed by atoms with Crippen LogP contribution in [-0.4, -0.2) is 64.3 Å². The lowest BCUT2D eigenvalue weighted by Gasteiger charge is -2.36. The minimum Gasteiger partial charge on any atom is -0.449 e. The molecule has 0 aliphatic carbocycles. The van der Waals surface area contributed by atoms with Crippen LogP contribution in [0.15, 0.2) is 16.5 Å². The minimum atomic E-state index is -1.64. The molecule has 190 valence electrons. The summed E-state index contributed by atoms with van der Waals surface area (Å²) in [6.45, 7) is 10.9. The third-order valence-corrected chi connectivity index (χ3v) is 6.40. The number of ether oxygens (including phenoxy) is 3. The van der Waals surface area contributed by atoms with Gasteiger partial charge in [-0.2, -0.15) is 0 Å². The molecular weight excluding hydrogens is 466 g/mol. The van der Waals surface area contributed by atoms with E-state index < -0.39 is 20.1 Å². The number of nitrogens with zero attached hydrogens (tertiary/aromatic N) is 2. The second-order valence-electron chi connectivity index (χ2n) is 9.41. The lowest BCUT2D eigenvalue weighted by Crippen LogP contribution is -2.47. The first-order valence-electron chi connectivity index (χ1n) is 12.0. The normalized spacial score (nSPS) is 18.0. The molecule has 2 aromatic rings. The fourth-order valence-electron chi connectivity index (χ4n) is 3.88. The Kier molecular flexibility index (Phi) is 8.94. The first-order chi connectivity index (χ1) is 16.7. The SMILES string of the molecule is CCOC(=O)N(c1c(C(=O)NCOC)oc2ccc(C#C[Si](C)(C)C)nc12)[C@@H]1CCO[C@H](CC)C1. The number of pyridine rings is 1. The van der Waals surface area contributed by atoms with Crippen LogP contribution >= 0.6 is 0 Å². The van der Waals surface area contributed by atoms with E-state index in [4.69, 9.17) is 23.6 Å². The molecule has 2 aromatic heterocycles. The van der Waals surface area contributed by atoms with Gasteiger partial charge in [-0.3, -0.25) is 9.69 Å². The number of carbonyl (C=O) groups excluding carboxylic acids is 2. The van der Waals surface area contributed by atoms with Gasteiger partial charge in [-0.25, -0.2) is 9.78 Å². The maximum atomic E-state index is 13.3. The number of methoxy groups -OCH3 is 1. The molecule has 1 fully saturated rings. The van der Waals surface area contributed by atoms with E-state index in [0.717, 1.165) is 6.42 Å². The number of rotatable bonds is 7. The monoisotopic (exact) mass is 501 g/mol. The zero-order chi connectivity index (χ0) is 25.6. The molecule has 0 spiro atoms. The van der Waals surface area contributed by atoms with Crippen molar-refractivity contribution < 1.29 is 28.2 Å². The minimum absolute atomic E-state index is 0.000686. The van der Waals surface area contributed by atoms with E-state index in [1.165, 1.54) is 12.0 Å². The quantitative estimate of drug-likeness (QED) is 0.342. The number of anilines is 1. The van der Waals surface area contributed by atoms with E-state index in [2.05, 4.69) is 36.4 Å². The molecule has 0 saturated carbocycles. The van der Waals surface area contributed by atoms with Crippen LogP contribution in [0.1, 0.15) is 49.4 Å². The fraction of sp³-hybridized carbons (Fsp3) is 0.560. The Morgan fingerprint density at radius 2 is 2.06 bits per heavy atom. The molecule has 35 heavy (non-hydrogen) atoms. The van der Waals surface area contributed by atoms with Gasteiger partial charge >= 0.3 is 6.09 Å². The maximum absolute atomic E-state index is 13.3. The van der Waals surface area contributed by atoms with Crippen molar-refractivity contribution in [2.45, 2.75) is 64.9 Å². The predicted octanol–water partition coefficient (Wildman–Crippen LogP) is 4.31. The zero-order valence-electron chi connectivity index (χ0n) is 21.4. The summed E-state index contributed by atoms with van der Waals surface area (Å²) in [6.07, 6.45) is 1.46. The second-order valence-corrected chi connectivity index (χ2v) is 14.2. The maximum Gasteiger partial charge on any atom is 0.414 e. The molecule has 1 aliphatic heterocycles. The first kappa shape index (κ1) is 26.7. The molecule has 2 atom stereocenters. The van der Waals surface area contributed by atoms with Crippen LogP contribution < -0.4 is 10.2 Å². The lowest BCUT2D eigenvalue weighted by atomic mass is 9.99. The topological polar surface area (TPSA) is 103 Å². The largest absolute Gasteiger partial charge is 0.449 e. The van der Waals surface area contributed by atoms with Crippen LogP contribution in [0.5, 0.6) is 0 Å². The number of hydrogen-bond acceptors (Lipinski definition) is 7. The number of furan rings is 1. The summed E-state index contributed by atoms with van der Waals surface area (Å²) in [4.78, 5) is 32.7. The van der Waals surface area contributed by atoms with Crippen molar-refractivity contribution in [1.82, 2.24) is 10.3 Å². The van der Waals surface area contributed by atoms with Crippen molar-refractivity contribution in [3.8, 4) is 11.5 Å². The van der Waals surface area contributed by atoms with Gasteiger partial charge in [0.25, 0.3) is 5.91 Å². The van der Waals surface area contributed by atoms with E-state index in [1.807, 2.05) is 6.92 Å². The summed E-state index contributed by atoms with van der Waals surface area (Å²) in [6, 6.07) is 3.24. The number of amides is 2. The number of nitrogens with one attached hydrogen (secondary N) is 1. The Bertz CT molecular complexity index is 1110. The highest BCUT2D eigenvalue weighted by Crippen LogP contribution is 2.37. The molecule has 3 heterocycles. The molecule has 0 aromatic carbocycles. The smallest absolute Gasteiger partial charge is 0.414 e. The van der Waals surface area contributed by atoms with Gasteiger partial charge in [0.15, 0.2) is 5.58 Å². The molecule has 3 rings (SSSR count). The average Bonchev–Trinajstić information content (AvgIpc) is 3.20. The van der Waals surface area contributed by atoms with Crippen molar-refractivity contribution in [3.05, 3.63) is 23.6 Å². The van der Waals surface area contributed by atoms with E-state index in [1.54, 1.807) is 19.1 Å². The number of carbonyl (C=O) groups is 2. The summed E-state index contributed by atoms with van der Waals surface area (Å²) in [5.74, 6) is 2.62. The lowest BCUT2D eigenvalue weighted by molar-refractivity contribution is 0.00467. The van der Waals surface area contributed by atoms with E-state index >= 15 is 0 Å². The Labute approximate surface area is 207 Å². The van der Waals surface area contributed by atoms with Crippen LogP contribution in [-0.2, 0) is 14.2 Å². The van der Waals surface area contributed by atoms with Crippen molar-refractivity contribution in [3.63, 3.8) is 0 Å². The molecule has 0 unspecified atom stereocenters. The average molecular weight is 502 g/mol. The van der Waals surface area contributed by atoms with Crippen molar-refractivity contribution in [2.24, 2.45) is 0 Å². The third-order valence-electron chi connectivity index (χ3n) is 5.52. The molecule has 0 radical (unpaired) electrons. The van der Waals surface area contributed by atoms with Crippen LogP contribution in [0.4, 0.5) is 10.5 Å². The van der Waals surface area contributed by atoms with Crippen molar-refractivity contribution in [2.75, 3.05) is 32.0 Å². The molecule has 9 nitrogen and oxygen atoms in total. The molecule has 1 aliphatic rings. The van der Waals surface area contributed by atoms with E-state index in [0.29, 0.717) is 36.2 Å². The van der Waals surface area contributed by atoms with Crippen molar-refractivity contribution in [1.29, 1.82) is 0 Å². The van der Waals surface area contributed by atoms with Crippen LogP contribution in [0.25, 0.3) is 11.1 Å². The van der Waals surface area contributed by atoms with Crippen LogP contribution in [0.2, 0.25) is 19.6 Å². The van der Waals surface area contributed by atoms with Gasteiger partial charge in [0.2, 0.25) is 5.76 Å². The summed E-state index contributed by atoms with van der Waals surface area (Å²) in [5.41, 5.74) is 4.91. The number of aromatic nitrogens is 1. The molecule has 1 saturated heterocycles. The molecular formula is C25H35N3O6Si. The highest BCUT2D eigenvalue weighted by molar-refractivity contribution is 6.83. The van der Waals surface area contributed by atoms with Gasteiger partial charge < -0.3 is 23.9 Å². The Balaban J connectivity index is 2.21. The predicted molar refractivity (Wildman–Crippen MR) is 136 cm³/mol. The summed E-state index contributed by atoms with van der Waals surface area (Å²) in [5, 5.41) is 2.65. The zero-order valence-corrected chi connectivity index (χ0v) is 22.4. The van der Waals surface area contributed by atoms with Gasteiger partial charge in [0, 0.05) is 19.8 Å². The fourth-order valence-corrected chi connectivity index (χ4v) is 4.38. The summed E-state index contributed by atoms with van der Waals surface area (Å²) >= 11 is 0. The van der Waals surface area contributed by atoms with E-state index in [9.17, 15) is 9.59 Å². The van der Waals surface area contributed by atoms with Crippen LogP contribution in [0.3, 0.4) is 0 Å². The Hall–Kier alpha value is -2.87. The highest BCUT2D eigenvalue weighted by atomic mass is 28.3. The molecule has 0 bridgehead atoms. The molecule has 10 heteroatoms. The van der Waals surface area contributed by atoms with Gasteiger partial charge in [-0.15, -0.1) is 5.54 Å². The summed E-state index contributed by atoms with van der Waals surface area (Å²) < 4.78 is 22.2. The standard InChI is InChI=1S/C25H35N3O6Si/c1-7-19-15-18(11-13-33-19)28(25(30)32-8-2)22-21-20(34-23(22)24(29)26-16-31-3)10-9-17(27-21)12-14-35(4,5)6/h9-10,18-19H,7-8,11,13,15-16H2,1-6H3,(H,26,29)/t18-,19-/m1/s1. The number of hydrogen-bond donors (Lipinski definition) is 1. The number of fused-ring (bicyclic) bond motifs is 1. The van der Waals surface area contributed by atoms with Gasteiger partial charge in [-0.05, 0) is 38.3 Å². The van der Waals surface area contributed by atoms with Gasteiger partial charge in [0.1, 0.15) is 31.7 Å². The summed E-state index contributed by atoms with van der Waals surface area (Å²) in [7, 11) is -0.164. The van der Waals surface area contributed by atoms with Gasteiger partial charge in [0.05, 0.1) is 12.7 Å². The van der Waals surface area contributed by atoms with Crippen LogP contribution in [0, 0.1) is 11.5 Å². The Morgan fingerprint density at radius 1 is 1.29 bits per heavy atom. The first-order valence-corrected chi connectivity index (χ1v) is 15.5. The van der Waals surface area contributed by atoms with E-state index in [-0.39, 0.29) is 36.9 Å². The second kappa shape index (κ2) is 11.7. The van der Waals surface area contributed by atoms with Gasteiger partial charge in [-0.1, -0.05) is 32.5 Å². The van der Waals surface area contributed by atoms with Crippen molar-refractivity contribution >= 4 is 36.9 Å². The third kappa shape index (κ3) is 6.63.